The Morgan fingerprint density at radius 3 is 2.70 bits per heavy atom. The fraction of sp³-hybridized carbons (Fsp3) is 0.312. The molecule has 0 radical (unpaired) electrons. The molecule has 1 aromatic carbocycles. The first-order chi connectivity index (χ1) is 11.1. The predicted octanol–water partition coefficient (Wildman–Crippen LogP) is 2.83. The molecule has 23 heavy (non-hydrogen) atoms. The molecule has 0 aliphatic rings. The Morgan fingerprint density at radius 2 is 2.04 bits per heavy atom. The van der Waals surface area contributed by atoms with Crippen LogP contribution in [-0.4, -0.2) is 24.2 Å². The van der Waals surface area contributed by atoms with Crippen LogP contribution in [0.1, 0.15) is 12.7 Å². The van der Waals surface area contributed by atoms with Crippen LogP contribution in [0.3, 0.4) is 0 Å². The number of hydrogen-bond donors (Lipinski definition) is 0. The molecular weight excluding hydrogens is 320 g/mol. The zero-order chi connectivity index (χ0) is 16.6. The third-order valence-corrected chi connectivity index (χ3v) is 4.08. The smallest absolute Gasteiger partial charge is 0.206 e. The summed E-state index contributed by atoms with van der Waals surface area (Å²) >= 11 is 0. The number of furan rings is 1. The highest BCUT2D eigenvalue weighted by atomic mass is 32.2. The summed E-state index contributed by atoms with van der Waals surface area (Å²) in [4.78, 5) is 12.6. The number of ether oxygens (including phenoxy) is 2. The summed E-state index contributed by atoms with van der Waals surface area (Å²) in [6.45, 7) is 2.22. The highest BCUT2D eigenvalue weighted by Crippen LogP contribution is 2.42. The Labute approximate surface area is 134 Å². The van der Waals surface area contributed by atoms with E-state index >= 15 is 0 Å². The maximum atomic E-state index is 12.6. The van der Waals surface area contributed by atoms with Crippen molar-refractivity contribution in [3.05, 3.63) is 34.4 Å². The summed E-state index contributed by atoms with van der Waals surface area (Å²) in [6.07, 6.45) is 3.05. The van der Waals surface area contributed by atoms with Crippen LogP contribution in [0.15, 0.2) is 32.0 Å². The largest absolute Gasteiger partial charge is 0.492 e. The van der Waals surface area contributed by atoms with Gasteiger partial charge in [-0.1, -0.05) is 0 Å². The molecule has 6 nitrogen and oxygen atoms in total. The molecule has 2 heterocycles. The van der Waals surface area contributed by atoms with E-state index in [2.05, 4.69) is 0 Å². The van der Waals surface area contributed by atoms with Gasteiger partial charge in [0.15, 0.2) is 16.6 Å². The highest BCUT2D eigenvalue weighted by Gasteiger charge is 2.23. The zero-order valence-corrected chi connectivity index (χ0v) is 13.8. The molecule has 0 saturated carbocycles. The maximum Gasteiger partial charge on any atom is 0.206 e. The van der Waals surface area contributed by atoms with E-state index in [1.807, 2.05) is 6.92 Å². The van der Waals surface area contributed by atoms with Crippen molar-refractivity contribution in [3.63, 3.8) is 0 Å². The lowest BCUT2D eigenvalue weighted by Gasteiger charge is -2.12. The molecule has 0 amide bonds. The van der Waals surface area contributed by atoms with E-state index in [1.165, 1.54) is 19.4 Å². The van der Waals surface area contributed by atoms with Crippen LogP contribution in [0.5, 0.6) is 11.5 Å². The van der Waals surface area contributed by atoms with Gasteiger partial charge in [-0.05, 0) is 13.0 Å². The number of benzene rings is 1. The SMILES string of the molecule is CCOc1c2ccoc2c(OC)c2oc(CS(C)=O)cc(=O)c12. The summed E-state index contributed by atoms with van der Waals surface area (Å²) in [5.41, 5.74) is 0.421. The Bertz CT molecular complexity index is 952. The molecule has 0 aliphatic carbocycles. The van der Waals surface area contributed by atoms with Gasteiger partial charge in [0.1, 0.15) is 16.9 Å². The van der Waals surface area contributed by atoms with Gasteiger partial charge in [-0.2, -0.15) is 0 Å². The molecule has 0 N–H and O–H groups in total. The third-order valence-electron chi connectivity index (χ3n) is 3.39. The van der Waals surface area contributed by atoms with Crippen molar-refractivity contribution in [2.24, 2.45) is 0 Å². The Hall–Kier alpha value is -2.28. The lowest BCUT2D eigenvalue weighted by molar-refractivity contribution is 0.346. The minimum atomic E-state index is -1.13. The highest BCUT2D eigenvalue weighted by molar-refractivity contribution is 7.83. The Morgan fingerprint density at radius 1 is 1.26 bits per heavy atom. The van der Waals surface area contributed by atoms with E-state index in [-0.39, 0.29) is 16.8 Å². The summed E-state index contributed by atoms with van der Waals surface area (Å²) in [5, 5.41) is 0.943. The van der Waals surface area contributed by atoms with Gasteiger partial charge in [0.05, 0.1) is 31.1 Å². The number of hydrogen-bond acceptors (Lipinski definition) is 6. The maximum absolute atomic E-state index is 12.6. The van der Waals surface area contributed by atoms with E-state index < -0.39 is 10.8 Å². The fourth-order valence-electron chi connectivity index (χ4n) is 2.57. The molecule has 0 saturated heterocycles. The van der Waals surface area contributed by atoms with Crippen LogP contribution in [0, 0.1) is 0 Å². The molecule has 2 aromatic heterocycles. The summed E-state index contributed by atoms with van der Waals surface area (Å²) < 4.78 is 33.7. The van der Waals surface area contributed by atoms with Crippen molar-refractivity contribution in [3.8, 4) is 11.5 Å². The lowest BCUT2D eigenvalue weighted by Crippen LogP contribution is -2.07. The van der Waals surface area contributed by atoms with Gasteiger partial charge in [-0.3, -0.25) is 9.00 Å². The zero-order valence-electron chi connectivity index (χ0n) is 13.0. The minimum Gasteiger partial charge on any atom is -0.492 e. The summed E-state index contributed by atoms with van der Waals surface area (Å²) in [6, 6.07) is 3.06. The predicted molar refractivity (Wildman–Crippen MR) is 87.7 cm³/mol. The van der Waals surface area contributed by atoms with E-state index in [1.54, 1.807) is 12.3 Å². The van der Waals surface area contributed by atoms with Crippen molar-refractivity contribution < 1.29 is 22.5 Å². The molecule has 0 spiro atoms. The average molecular weight is 336 g/mol. The van der Waals surface area contributed by atoms with Crippen LogP contribution in [0.25, 0.3) is 21.9 Å². The lowest BCUT2D eigenvalue weighted by atomic mass is 10.1. The first kappa shape index (κ1) is 15.6. The van der Waals surface area contributed by atoms with Gasteiger partial charge in [0.2, 0.25) is 5.75 Å². The third kappa shape index (κ3) is 2.61. The Kier molecular flexibility index (Phi) is 4.12. The van der Waals surface area contributed by atoms with Crippen LogP contribution in [0.4, 0.5) is 0 Å². The first-order valence-corrected chi connectivity index (χ1v) is 8.76. The molecule has 0 bridgehead atoms. The molecule has 3 rings (SSSR count). The second-order valence-corrected chi connectivity index (χ2v) is 6.39. The second kappa shape index (κ2) is 6.08. The molecule has 0 fully saturated rings. The Balaban J connectivity index is 2.46. The van der Waals surface area contributed by atoms with Crippen molar-refractivity contribution in [1.29, 1.82) is 0 Å². The van der Waals surface area contributed by atoms with Gasteiger partial charge in [-0.25, -0.2) is 0 Å². The number of fused-ring (bicyclic) bond motifs is 2. The quantitative estimate of drug-likeness (QED) is 0.713. The van der Waals surface area contributed by atoms with Gasteiger partial charge in [-0.15, -0.1) is 0 Å². The van der Waals surface area contributed by atoms with Crippen LogP contribution < -0.4 is 14.9 Å². The number of methoxy groups -OCH3 is 1. The molecular formula is C16H16O6S. The van der Waals surface area contributed by atoms with E-state index in [9.17, 15) is 9.00 Å². The van der Waals surface area contributed by atoms with Gasteiger partial charge < -0.3 is 18.3 Å². The van der Waals surface area contributed by atoms with Gasteiger partial charge in [0, 0.05) is 23.1 Å². The van der Waals surface area contributed by atoms with Crippen molar-refractivity contribution in [1.82, 2.24) is 0 Å². The molecule has 122 valence electrons. The minimum absolute atomic E-state index is 0.147. The molecule has 0 aliphatic heterocycles. The first-order valence-electron chi connectivity index (χ1n) is 7.03. The normalized spacial score (nSPS) is 12.7. The average Bonchev–Trinajstić information content (AvgIpc) is 2.95. The van der Waals surface area contributed by atoms with Crippen molar-refractivity contribution >= 4 is 32.7 Å². The van der Waals surface area contributed by atoms with Crippen LogP contribution in [-0.2, 0) is 16.6 Å². The molecule has 1 unspecified atom stereocenters. The number of rotatable bonds is 5. The van der Waals surface area contributed by atoms with E-state index in [4.69, 9.17) is 18.3 Å². The molecule has 7 heteroatoms. The second-order valence-electron chi connectivity index (χ2n) is 4.96. The monoisotopic (exact) mass is 336 g/mol. The summed E-state index contributed by atoms with van der Waals surface area (Å²) in [5.74, 6) is 1.21. The van der Waals surface area contributed by atoms with Crippen LogP contribution >= 0.6 is 0 Å². The van der Waals surface area contributed by atoms with E-state index in [0.29, 0.717) is 40.2 Å². The standard InChI is InChI=1S/C16H16O6S/c1-4-20-13-10-5-6-21-14(10)16(19-2)15-12(13)11(17)7-9(22-15)8-23(3)18/h5-7H,4,8H2,1-3H3. The molecule has 3 aromatic rings. The fourth-order valence-corrected chi connectivity index (χ4v) is 3.11. The van der Waals surface area contributed by atoms with Crippen molar-refractivity contribution in [2.75, 3.05) is 20.0 Å². The van der Waals surface area contributed by atoms with Gasteiger partial charge >= 0.3 is 0 Å². The van der Waals surface area contributed by atoms with E-state index in [0.717, 1.165) is 0 Å². The summed E-state index contributed by atoms with van der Waals surface area (Å²) in [7, 11) is 0.341. The van der Waals surface area contributed by atoms with Crippen molar-refractivity contribution in [2.45, 2.75) is 12.7 Å². The molecule has 1 atom stereocenters. The van der Waals surface area contributed by atoms with Crippen LogP contribution in [0.2, 0.25) is 0 Å². The van der Waals surface area contributed by atoms with Gasteiger partial charge in [0.25, 0.3) is 0 Å². The topological polar surface area (TPSA) is 78.9 Å².